The molecule has 0 bridgehead atoms. The molecule has 1 aromatic rings. The zero-order valence-electron chi connectivity index (χ0n) is 18.0. The first-order valence-corrected chi connectivity index (χ1v) is 11.3. The van der Waals surface area contributed by atoms with Crippen molar-refractivity contribution in [2.45, 2.75) is 77.2 Å². The number of ether oxygens (including phenoxy) is 1. The lowest BCUT2D eigenvalue weighted by Crippen LogP contribution is -1.93. The first-order chi connectivity index (χ1) is 14.0. The molecule has 0 radical (unpaired) electrons. The molecule has 0 amide bonds. The molecule has 0 heterocycles. The van der Waals surface area contributed by atoms with Crippen molar-refractivity contribution in [3.63, 3.8) is 0 Å². The zero-order chi connectivity index (χ0) is 21.3. The Morgan fingerprint density at radius 2 is 2.03 bits per heavy atom. The van der Waals surface area contributed by atoms with Gasteiger partial charge in [0, 0.05) is 18.4 Å². The molecular weight excluding hydrogens is 384 g/mol. The lowest BCUT2D eigenvalue weighted by atomic mass is 10.0. The summed E-state index contributed by atoms with van der Waals surface area (Å²) in [6.07, 6.45) is 16.3. The van der Waals surface area contributed by atoms with E-state index in [9.17, 15) is 4.79 Å². The SMILES string of the molecule is C/C=C\CCCC(=O)O.CCOCc1cccc(CC/C=C/[C@H]2CC[C@@H](Cl)C2)c1. The standard InChI is InChI=1S/C18H25ClO.C7H12O2/c1-2-20-14-17-9-5-8-15(12-17)6-3-4-7-16-10-11-18(19)13-16;1-2-3-4-5-6-7(8)9/h4-5,7-9,12,16,18H,2-3,6,10-11,13-14H2,1H3;2-3H,4-6H2,1H3,(H,8,9)/b7-4+;3-2-/t16-,18+;/m0./s1. The summed E-state index contributed by atoms with van der Waals surface area (Å²) in [5, 5.41) is 8.59. The molecule has 0 unspecified atom stereocenters. The normalized spacial score (nSPS) is 18.9. The van der Waals surface area contributed by atoms with Gasteiger partial charge in [-0.3, -0.25) is 4.79 Å². The Morgan fingerprint density at radius 3 is 2.69 bits per heavy atom. The summed E-state index contributed by atoms with van der Waals surface area (Å²) in [6.45, 7) is 5.46. The quantitative estimate of drug-likeness (QED) is 0.239. The zero-order valence-corrected chi connectivity index (χ0v) is 18.7. The highest BCUT2D eigenvalue weighted by atomic mass is 35.5. The maximum Gasteiger partial charge on any atom is 0.303 e. The van der Waals surface area contributed by atoms with Crippen molar-refractivity contribution in [1.82, 2.24) is 0 Å². The number of benzene rings is 1. The molecule has 1 fully saturated rings. The van der Waals surface area contributed by atoms with Gasteiger partial charge in [-0.1, -0.05) is 48.6 Å². The molecule has 1 saturated carbocycles. The Balaban J connectivity index is 0.000000396. The molecule has 1 aromatic carbocycles. The molecule has 2 atom stereocenters. The van der Waals surface area contributed by atoms with Gasteiger partial charge in [0.2, 0.25) is 0 Å². The molecule has 0 saturated heterocycles. The molecule has 29 heavy (non-hydrogen) atoms. The Kier molecular flexibility index (Phi) is 14.3. The Morgan fingerprint density at radius 1 is 1.24 bits per heavy atom. The summed E-state index contributed by atoms with van der Waals surface area (Å²) >= 11 is 6.13. The van der Waals surface area contributed by atoms with Gasteiger partial charge >= 0.3 is 5.97 Å². The van der Waals surface area contributed by atoms with Gasteiger partial charge in [0.05, 0.1) is 6.61 Å². The molecule has 0 aliphatic heterocycles. The second kappa shape index (κ2) is 16.2. The summed E-state index contributed by atoms with van der Waals surface area (Å²) in [7, 11) is 0. The lowest BCUT2D eigenvalue weighted by Gasteiger charge is -2.05. The molecule has 1 aliphatic rings. The van der Waals surface area contributed by atoms with E-state index in [0.717, 1.165) is 45.3 Å². The number of hydrogen-bond donors (Lipinski definition) is 1. The maximum absolute atomic E-state index is 9.94. The van der Waals surface area contributed by atoms with E-state index in [-0.39, 0.29) is 6.42 Å². The smallest absolute Gasteiger partial charge is 0.303 e. The topological polar surface area (TPSA) is 46.5 Å². The Labute approximate surface area is 181 Å². The van der Waals surface area contributed by atoms with Crippen LogP contribution in [0.3, 0.4) is 0 Å². The summed E-state index contributed by atoms with van der Waals surface area (Å²) in [6, 6.07) is 8.72. The van der Waals surface area contributed by atoms with Crippen LogP contribution >= 0.6 is 11.6 Å². The van der Waals surface area contributed by atoms with Crippen molar-refractivity contribution in [2.24, 2.45) is 5.92 Å². The number of aliphatic carboxylic acids is 1. The van der Waals surface area contributed by atoms with Crippen LogP contribution in [0.5, 0.6) is 0 Å². The van der Waals surface area contributed by atoms with Crippen LogP contribution in [0, 0.1) is 5.92 Å². The third-order valence-electron chi connectivity index (χ3n) is 4.88. The van der Waals surface area contributed by atoms with Crippen LogP contribution in [0.2, 0.25) is 0 Å². The van der Waals surface area contributed by atoms with Crippen molar-refractivity contribution < 1.29 is 14.6 Å². The number of carbonyl (C=O) groups is 1. The average molecular weight is 421 g/mol. The number of aryl methyl sites for hydroxylation is 1. The molecule has 3 nitrogen and oxygen atoms in total. The minimum absolute atomic E-state index is 0.282. The molecule has 1 aliphatic carbocycles. The van der Waals surface area contributed by atoms with E-state index < -0.39 is 5.97 Å². The Hall–Kier alpha value is -1.58. The van der Waals surface area contributed by atoms with E-state index in [2.05, 4.69) is 36.4 Å². The molecule has 2 rings (SSSR count). The highest BCUT2D eigenvalue weighted by Gasteiger charge is 2.20. The van der Waals surface area contributed by atoms with Gasteiger partial charge in [-0.25, -0.2) is 0 Å². The first-order valence-electron chi connectivity index (χ1n) is 10.8. The van der Waals surface area contributed by atoms with Gasteiger partial charge in [-0.05, 0) is 75.8 Å². The number of rotatable bonds is 11. The number of hydrogen-bond acceptors (Lipinski definition) is 2. The fourth-order valence-electron chi connectivity index (χ4n) is 3.31. The molecule has 0 spiro atoms. The number of carboxylic acid groups (broad SMARTS) is 1. The first kappa shape index (κ1) is 25.5. The van der Waals surface area contributed by atoms with Gasteiger partial charge in [0.25, 0.3) is 0 Å². The van der Waals surface area contributed by atoms with Crippen molar-refractivity contribution in [3.05, 3.63) is 59.7 Å². The number of halogens is 1. The van der Waals surface area contributed by atoms with Crippen LogP contribution in [0.25, 0.3) is 0 Å². The number of carboxylic acids is 1. The van der Waals surface area contributed by atoms with Gasteiger partial charge in [0.1, 0.15) is 0 Å². The minimum Gasteiger partial charge on any atom is -0.481 e. The van der Waals surface area contributed by atoms with Gasteiger partial charge in [0.15, 0.2) is 0 Å². The fourth-order valence-corrected chi connectivity index (χ4v) is 3.66. The lowest BCUT2D eigenvalue weighted by molar-refractivity contribution is -0.137. The van der Waals surface area contributed by atoms with E-state index in [1.165, 1.54) is 24.0 Å². The molecule has 0 aromatic heterocycles. The van der Waals surface area contributed by atoms with Crippen molar-refractivity contribution in [2.75, 3.05) is 6.61 Å². The van der Waals surface area contributed by atoms with Crippen LogP contribution in [0.1, 0.15) is 69.9 Å². The number of unbranched alkanes of at least 4 members (excludes halogenated alkanes) is 1. The van der Waals surface area contributed by atoms with Crippen LogP contribution in [-0.4, -0.2) is 23.1 Å². The highest BCUT2D eigenvalue weighted by Crippen LogP contribution is 2.30. The minimum atomic E-state index is -0.709. The predicted molar refractivity (Wildman–Crippen MR) is 123 cm³/mol. The van der Waals surface area contributed by atoms with Gasteiger partial charge in [-0.2, -0.15) is 0 Å². The fraction of sp³-hybridized carbons (Fsp3) is 0.560. The predicted octanol–water partition coefficient (Wildman–Crippen LogP) is 6.94. The van der Waals surface area contributed by atoms with Gasteiger partial charge < -0.3 is 9.84 Å². The van der Waals surface area contributed by atoms with Gasteiger partial charge in [-0.15, -0.1) is 11.6 Å². The summed E-state index contributed by atoms with van der Waals surface area (Å²) in [5.74, 6) is 0.00120. The van der Waals surface area contributed by atoms with Crippen molar-refractivity contribution in [3.8, 4) is 0 Å². The second-order valence-corrected chi connectivity index (χ2v) is 8.07. The Bertz CT molecular complexity index is 624. The molecule has 162 valence electrons. The maximum atomic E-state index is 9.94. The third-order valence-corrected chi connectivity index (χ3v) is 5.27. The third kappa shape index (κ3) is 13.3. The largest absolute Gasteiger partial charge is 0.481 e. The molecular formula is C25H37ClO3. The molecule has 1 N–H and O–H groups in total. The van der Waals surface area contributed by atoms with Crippen molar-refractivity contribution >= 4 is 17.6 Å². The highest BCUT2D eigenvalue weighted by molar-refractivity contribution is 6.20. The van der Waals surface area contributed by atoms with Crippen LogP contribution in [0.15, 0.2) is 48.6 Å². The summed E-state index contributed by atoms with van der Waals surface area (Å²) in [4.78, 5) is 9.94. The van der Waals surface area contributed by atoms with Crippen molar-refractivity contribution in [1.29, 1.82) is 0 Å². The van der Waals surface area contributed by atoms with Crippen LogP contribution in [0.4, 0.5) is 0 Å². The second-order valence-electron chi connectivity index (χ2n) is 7.45. The van der Waals surface area contributed by atoms with E-state index in [4.69, 9.17) is 21.4 Å². The summed E-state index contributed by atoms with van der Waals surface area (Å²) in [5.41, 5.74) is 2.67. The number of alkyl halides is 1. The van der Waals surface area contributed by atoms with E-state index in [1.807, 2.05) is 26.0 Å². The monoisotopic (exact) mass is 420 g/mol. The number of allylic oxidation sites excluding steroid dienone is 4. The average Bonchev–Trinajstić information content (AvgIpc) is 3.13. The van der Waals surface area contributed by atoms with E-state index in [1.54, 1.807) is 0 Å². The van der Waals surface area contributed by atoms with Crippen LogP contribution in [-0.2, 0) is 22.6 Å². The van der Waals surface area contributed by atoms with E-state index >= 15 is 0 Å². The molecule has 4 heteroatoms. The van der Waals surface area contributed by atoms with Crippen LogP contribution < -0.4 is 0 Å². The summed E-state index contributed by atoms with van der Waals surface area (Å²) < 4.78 is 5.45. The van der Waals surface area contributed by atoms with E-state index in [0.29, 0.717) is 11.3 Å².